The number of benzene rings is 1. The number of aromatic nitrogens is 1. The van der Waals surface area contributed by atoms with Crippen LogP contribution in [0.15, 0.2) is 48.8 Å². The van der Waals surface area contributed by atoms with Crippen LogP contribution >= 0.6 is 11.6 Å². The van der Waals surface area contributed by atoms with E-state index in [1.54, 1.807) is 42.6 Å². The molecule has 0 amide bonds. The number of ketones is 1. The Morgan fingerprint density at radius 2 is 1.93 bits per heavy atom. The van der Waals surface area contributed by atoms with Gasteiger partial charge in [-0.3, -0.25) is 9.78 Å². The first kappa shape index (κ1) is 9.87. The lowest BCUT2D eigenvalue weighted by Crippen LogP contribution is -2.01. The molecule has 0 aliphatic carbocycles. The van der Waals surface area contributed by atoms with Gasteiger partial charge in [0.05, 0.1) is 5.02 Å². The van der Waals surface area contributed by atoms with Gasteiger partial charge >= 0.3 is 0 Å². The number of carbonyl (C=O) groups excluding carboxylic acids is 1. The van der Waals surface area contributed by atoms with E-state index in [0.717, 1.165) is 0 Å². The third kappa shape index (κ3) is 2.05. The molecule has 0 unspecified atom stereocenters. The monoisotopic (exact) mass is 217 g/mol. The number of hydrogen-bond donors (Lipinski definition) is 0. The highest BCUT2D eigenvalue weighted by molar-refractivity contribution is 6.34. The molecule has 15 heavy (non-hydrogen) atoms. The molecule has 0 spiro atoms. The molecule has 3 heteroatoms. The van der Waals surface area contributed by atoms with E-state index in [1.165, 1.54) is 6.20 Å². The average Bonchev–Trinajstić information content (AvgIpc) is 2.30. The van der Waals surface area contributed by atoms with Crippen LogP contribution in [0.25, 0.3) is 0 Å². The summed E-state index contributed by atoms with van der Waals surface area (Å²) in [4.78, 5) is 15.8. The van der Waals surface area contributed by atoms with Crippen LogP contribution in [0.4, 0.5) is 0 Å². The zero-order valence-electron chi connectivity index (χ0n) is 7.85. The van der Waals surface area contributed by atoms with Crippen LogP contribution in [0.5, 0.6) is 0 Å². The molecule has 0 atom stereocenters. The summed E-state index contributed by atoms with van der Waals surface area (Å²) in [5, 5.41) is 0.464. The van der Waals surface area contributed by atoms with Crippen molar-refractivity contribution in [2.24, 2.45) is 0 Å². The first-order valence-electron chi connectivity index (χ1n) is 4.48. The van der Waals surface area contributed by atoms with Gasteiger partial charge in [0.15, 0.2) is 5.78 Å². The molecule has 2 rings (SSSR count). The molecule has 0 bridgehead atoms. The van der Waals surface area contributed by atoms with Crippen LogP contribution in [-0.4, -0.2) is 10.8 Å². The minimum absolute atomic E-state index is 0.103. The molecule has 0 radical (unpaired) electrons. The molecule has 0 aliphatic rings. The molecule has 2 aromatic rings. The predicted octanol–water partition coefficient (Wildman–Crippen LogP) is 2.97. The molecular weight excluding hydrogens is 210 g/mol. The minimum Gasteiger partial charge on any atom is -0.288 e. The van der Waals surface area contributed by atoms with E-state index in [4.69, 9.17) is 11.6 Å². The molecule has 0 saturated heterocycles. The largest absolute Gasteiger partial charge is 0.288 e. The maximum absolute atomic E-state index is 11.9. The van der Waals surface area contributed by atoms with Crippen molar-refractivity contribution < 1.29 is 4.79 Å². The highest BCUT2D eigenvalue weighted by Gasteiger charge is 2.11. The van der Waals surface area contributed by atoms with Gasteiger partial charge < -0.3 is 0 Å². The van der Waals surface area contributed by atoms with Crippen LogP contribution in [0.1, 0.15) is 15.9 Å². The summed E-state index contributed by atoms with van der Waals surface area (Å²) in [6.45, 7) is 0. The molecule has 1 aromatic heterocycles. The summed E-state index contributed by atoms with van der Waals surface area (Å²) in [6.07, 6.45) is 3.16. The van der Waals surface area contributed by atoms with Crippen molar-refractivity contribution in [1.29, 1.82) is 0 Å². The SMILES string of the molecule is O=C(c1cccnc1)c1ccccc1Cl. The summed E-state index contributed by atoms with van der Waals surface area (Å²) in [6, 6.07) is 10.4. The molecule has 0 fully saturated rings. The molecule has 1 aromatic carbocycles. The molecule has 0 saturated carbocycles. The van der Waals surface area contributed by atoms with E-state index in [9.17, 15) is 4.79 Å². The van der Waals surface area contributed by atoms with Gasteiger partial charge in [0, 0.05) is 23.5 Å². The molecule has 0 aliphatic heterocycles. The smallest absolute Gasteiger partial charge is 0.196 e. The Bertz CT molecular complexity index is 482. The average molecular weight is 218 g/mol. The highest BCUT2D eigenvalue weighted by Crippen LogP contribution is 2.18. The van der Waals surface area contributed by atoms with E-state index in [-0.39, 0.29) is 5.78 Å². The molecular formula is C12H8ClNO. The van der Waals surface area contributed by atoms with Crippen molar-refractivity contribution >= 4 is 17.4 Å². The van der Waals surface area contributed by atoms with E-state index in [1.807, 2.05) is 0 Å². The summed E-state index contributed by atoms with van der Waals surface area (Å²) < 4.78 is 0. The van der Waals surface area contributed by atoms with E-state index in [0.29, 0.717) is 16.1 Å². The van der Waals surface area contributed by atoms with Gasteiger partial charge in [-0.15, -0.1) is 0 Å². The topological polar surface area (TPSA) is 30.0 Å². The molecule has 0 N–H and O–H groups in total. The van der Waals surface area contributed by atoms with E-state index >= 15 is 0 Å². The Morgan fingerprint density at radius 3 is 2.60 bits per heavy atom. The first-order valence-corrected chi connectivity index (χ1v) is 4.86. The standard InChI is InChI=1S/C12H8ClNO/c13-11-6-2-1-5-10(11)12(15)9-4-3-7-14-8-9/h1-8H. The lowest BCUT2D eigenvalue weighted by molar-refractivity contribution is 0.103. The second-order valence-corrected chi connectivity index (χ2v) is 3.46. The van der Waals surface area contributed by atoms with Crippen molar-refractivity contribution in [3.63, 3.8) is 0 Å². The lowest BCUT2D eigenvalue weighted by atomic mass is 10.1. The Hall–Kier alpha value is -1.67. The van der Waals surface area contributed by atoms with Gasteiger partial charge in [-0.2, -0.15) is 0 Å². The third-order valence-electron chi connectivity index (χ3n) is 2.04. The van der Waals surface area contributed by atoms with Crippen molar-refractivity contribution in [2.75, 3.05) is 0 Å². The second-order valence-electron chi connectivity index (χ2n) is 3.05. The Balaban J connectivity index is 2.42. The maximum atomic E-state index is 11.9. The number of carbonyl (C=O) groups is 1. The Labute approximate surface area is 92.5 Å². The van der Waals surface area contributed by atoms with Crippen LogP contribution < -0.4 is 0 Å². The van der Waals surface area contributed by atoms with Crippen LogP contribution in [0.2, 0.25) is 5.02 Å². The summed E-state index contributed by atoms with van der Waals surface area (Å²) >= 11 is 5.93. The third-order valence-corrected chi connectivity index (χ3v) is 2.37. The van der Waals surface area contributed by atoms with Crippen molar-refractivity contribution in [1.82, 2.24) is 4.98 Å². The predicted molar refractivity (Wildman–Crippen MR) is 59.1 cm³/mol. The highest BCUT2D eigenvalue weighted by atomic mass is 35.5. The lowest BCUT2D eigenvalue weighted by Gasteiger charge is -2.02. The number of halogens is 1. The van der Waals surface area contributed by atoms with Gasteiger partial charge in [0.1, 0.15) is 0 Å². The van der Waals surface area contributed by atoms with Crippen molar-refractivity contribution in [3.8, 4) is 0 Å². The van der Waals surface area contributed by atoms with Gasteiger partial charge in [-0.05, 0) is 24.3 Å². The minimum atomic E-state index is -0.103. The quantitative estimate of drug-likeness (QED) is 0.724. The molecule has 74 valence electrons. The zero-order valence-corrected chi connectivity index (χ0v) is 8.61. The second kappa shape index (κ2) is 4.24. The van der Waals surface area contributed by atoms with Crippen LogP contribution in [0, 0.1) is 0 Å². The fourth-order valence-electron chi connectivity index (χ4n) is 1.30. The molecule has 1 heterocycles. The summed E-state index contributed by atoms with van der Waals surface area (Å²) in [5.41, 5.74) is 1.05. The molecule has 2 nitrogen and oxygen atoms in total. The van der Waals surface area contributed by atoms with E-state index < -0.39 is 0 Å². The Morgan fingerprint density at radius 1 is 1.13 bits per heavy atom. The normalized spacial score (nSPS) is 9.93. The van der Waals surface area contributed by atoms with Crippen LogP contribution in [0.3, 0.4) is 0 Å². The van der Waals surface area contributed by atoms with Gasteiger partial charge in [0.2, 0.25) is 0 Å². The van der Waals surface area contributed by atoms with Gasteiger partial charge in [0.25, 0.3) is 0 Å². The Kier molecular flexibility index (Phi) is 2.79. The fourth-order valence-corrected chi connectivity index (χ4v) is 1.52. The maximum Gasteiger partial charge on any atom is 0.196 e. The summed E-state index contributed by atoms with van der Waals surface area (Å²) in [7, 11) is 0. The van der Waals surface area contributed by atoms with Gasteiger partial charge in [-0.25, -0.2) is 0 Å². The van der Waals surface area contributed by atoms with Gasteiger partial charge in [-0.1, -0.05) is 23.7 Å². The number of rotatable bonds is 2. The summed E-state index contributed by atoms with van der Waals surface area (Å²) in [5.74, 6) is -0.103. The zero-order chi connectivity index (χ0) is 10.7. The van der Waals surface area contributed by atoms with Crippen molar-refractivity contribution in [3.05, 3.63) is 64.9 Å². The van der Waals surface area contributed by atoms with E-state index in [2.05, 4.69) is 4.98 Å². The van der Waals surface area contributed by atoms with Crippen molar-refractivity contribution in [2.45, 2.75) is 0 Å². The first-order chi connectivity index (χ1) is 7.29. The number of nitrogens with zero attached hydrogens (tertiary/aromatic N) is 1. The number of pyridine rings is 1. The van der Waals surface area contributed by atoms with Crippen LogP contribution in [-0.2, 0) is 0 Å². The number of hydrogen-bond acceptors (Lipinski definition) is 2. The fraction of sp³-hybridized carbons (Fsp3) is 0.